The Kier molecular flexibility index (Phi) is 5.49. The summed E-state index contributed by atoms with van der Waals surface area (Å²) in [6, 6.07) is 7.14. The van der Waals surface area contributed by atoms with E-state index in [1.54, 1.807) is 0 Å². The maximum atomic E-state index is 12.0. The molecule has 0 saturated heterocycles. The van der Waals surface area contributed by atoms with Gasteiger partial charge in [-0.1, -0.05) is 11.6 Å². The van der Waals surface area contributed by atoms with E-state index >= 15 is 0 Å². The number of ether oxygens (including phenoxy) is 2. The van der Waals surface area contributed by atoms with Gasteiger partial charge in [0, 0.05) is 10.6 Å². The molecule has 24 heavy (non-hydrogen) atoms. The molecule has 2 aromatic carbocycles. The van der Waals surface area contributed by atoms with Gasteiger partial charge in [-0.3, -0.25) is 4.79 Å². The average molecular weight is 351 g/mol. The van der Waals surface area contributed by atoms with Gasteiger partial charge < -0.3 is 19.7 Å². The minimum atomic E-state index is -0.621. The maximum Gasteiger partial charge on any atom is 0.275 e. The standard InChI is InChI=1S/C16H15ClN2O5/c1-23-13-5-9(6-14(24-2)15(13)21)8-18-19-16(22)11-7-10(17)3-4-12(11)20/h3-8,20-21H,1-2H3,(H,19,22)/b18-8-. The Morgan fingerprint density at radius 1 is 1.17 bits per heavy atom. The molecule has 1 amide bonds. The van der Waals surface area contributed by atoms with Crippen LogP contribution in [0.3, 0.4) is 0 Å². The summed E-state index contributed by atoms with van der Waals surface area (Å²) < 4.78 is 10.1. The number of aromatic hydroxyl groups is 2. The maximum absolute atomic E-state index is 12.0. The van der Waals surface area contributed by atoms with E-state index in [0.717, 1.165) is 0 Å². The van der Waals surface area contributed by atoms with E-state index in [4.69, 9.17) is 21.1 Å². The second kappa shape index (κ2) is 7.56. The molecule has 0 aliphatic heterocycles. The summed E-state index contributed by atoms with van der Waals surface area (Å²) in [6.45, 7) is 0. The molecule has 7 nitrogen and oxygen atoms in total. The Hall–Kier alpha value is -2.93. The average Bonchev–Trinajstić information content (AvgIpc) is 2.58. The minimum absolute atomic E-state index is 0.000479. The summed E-state index contributed by atoms with van der Waals surface area (Å²) in [4.78, 5) is 12.0. The molecule has 0 radical (unpaired) electrons. The van der Waals surface area contributed by atoms with Gasteiger partial charge in [-0.2, -0.15) is 5.10 Å². The van der Waals surface area contributed by atoms with Crippen LogP contribution in [0.25, 0.3) is 0 Å². The van der Waals surface area contributed by atoms with E-state index in [1.165, 1.54) is 50.8 Å². The van der Waals surface area contributed by atoms with Crippen LogP contribution in [0.2, 0.25) is 5.02 Å². The molecule has 126 valence electrons. The lowest BCUT2D eigenvalue weighted by Crippen LogP contribution is -2.17. The van der Waals surface area contributed by atoms with E-state index in [-0.39, 0.29) is 28.6 Å². The van der Waals surface area contributed by atoms with Crippen LogP contribution in [0, 0.1) is 0 Å². The number of amides is 1. The summed E-state index contributed by atoms with van der Waals surface area (Å²) in [5.41, 5.74) is 2.80. The molecule has 0 spiro atoms. The molecule has 0 fully saturated rings. The lowest BCUT2D eigenvalue weighted by Gasteiger charge is -2.09. The number of halogens is 1. The number of methoxy groups -OCH3 is 2. The SMILES string of the molecule is COc1cc(/C=N\NC(=O)c2cc(Cl)ccc2O)cc(OC)c1O. The molecular formula is C16H15ClN2O5. The molecule has 2 rings (SSSR count). The zero-order valence-electron chi connectivity index (χ0n) is 12.9. The first-order chi connectivity index (χ1) is 11.5. The van der Waals surface area contributed by atoms with Crippen LogP contribution in [-0.2, 0) is 0 Å². The van der Waals surface area contributed by atoms with Crippen LogP contribution < -0.4 is 14.9 Å². The fourth-order valence-corrected chi connectivity index (χ4v) is 2.08. The first-order valence-electron chi connectivity index (χ1n) is 6.73. The molecule has 3 N–H and O–H groups in total. The Morgan fingerprint density at radius 2 is 1.79 bits per heavy atom. The highest BCUT2D eigenvalue weighted by molar-refractivity contribution is 6.31. The topological polar surface area (TPSA) is 100 Å². The normalized spacial score (nSPS) is 10.6. The number of carbonyl (C=O) groups is 1. The van der Waals surface area contributed by atoms with Gasteiger partial charge in [0.15, 0.2) is 11.5 Å². The fraction of sp³-hybridized carbons (Fsp3) is 0.125. The molecule has 0 aliphatic carbocycles. The van der Waals surface area contributed by atoms with Gasteiger partial charge >= 0.3 is 0 Å². The summed E-state index contributed by atoms with van der Waals surface area (Å²) in [7, 11) is 2.80. The van der Waals surface area contributed by atoms with Crippen LogP contribution in [0.1, 0.15) is 15.9 Å². The number of nitrogens with one attached hydrogen (secondary N) is 1. The number of phenols is 2. The van der Waals surface area contributed by atoms with E-state index < -0.39 is 5.91 Å². The molecule has 0 aromatic heterocycles. The number of hydrogen-bond donors (Lipinski definition) is 3. The molecule has 0 atom stereocenters. The highest BCUT2D eigenvalue weighted by Crippen LogP contribution is 2.36. The zero-order chi connectivity index (χ0) is 17.7. The monoisotopic (exact) mass is 350 g/mol. The van der Waals surface area contributed by atoms with Crippen LogP contribution in [0.4, 0.5) is 0 Å². The van der Waals surface area contributed by atoms with E-state index in [0.29, 0.717) is 10.6 Å². The van der Waals surface area contributed by atoms with Crippen LogP contribution in [-0.4, -0.2) is 36.6 Å². The molecule has 2 aromatic rings. The number of rotatable bonds is 5. The van der Waals surface area contributed by atoms with Crippen molar-refractivity contribution in [3.8, 4) is 23.0 Å². The van der Waals surface area contributed by atoms with Crippen LogP contribution in [0.15, 0.2) is 35.4 Å². The van der Waals surface area contributed by atoms with E-state index in [1.807, 2.05) is 0 Å². The Balaban J connectivity index is 2.17. The number of hydrogen-bond acceptors (Lipinski definition) is 6. The molecular weight excluding hydrogens is 336 g/mol. The number of carbonyl (C=O) groups excluding carboxylic acids is 1. The van der Waals surface area contributed by atoms with Crippen molar-refractivity contribution in [1.82, 2.24) is 5.43 Å². The van der Waals surface area contributed by atoms with E-state index in [9.17, 15) is 15.0 Å². The molecule has 0 heterocycles. The van der Waals surface area contributed by atoms with Gasteiger partial charge in [-0.05, 0) is 30.3 Å². The summed E-state index contributed by atoms with van der Waals surface area (Å²) in [5, 5.41) is 23.6. The lowest BCUT2D eigenvalue weighted by molar-refractivity contribution is 0.0952. The molecule has 0 saturated carbocycles. The highest BCUT2D eigenvalue weighted by Gasteiger charge is 2.12. The number of phenolic OH excluding ortho intramolecular Hbond substituents is 2. The molecule has 8 heteroatoms. The third-order valence-electron chi connectivity index (χ3n) is 3.09. The van der Waals surface area contributed by atoms with Crippen molar-refractivity contribution in [2.24, 2.45) is 5.10 Å². The molecule has 0 unspecified atom stereocenters. The van der Waals surface area contributed by atoms with Crippen molar-refractivity contribution >= 4 is 23.7 Å². The Labute approximate surface area is 143 Å². The van der Waals surface area contributed by atoms with Gasteiger partial charge in [0.1, 0.15) is 5.75 Å². The van der Waals surface area contributed by atoms with Gasteiger partial charge in [0.25, 0.3) is 5.91 Å². The second-order valence-corrected chi connectivity index (χ2v) is 5.07. The molecule has 0 aliphatic rings. The van der Waals surface area contributed by atoms with Crippen molar-refractivity contribution in [1.29, 1.82) is 0 Å². The van der Waals surface area contributed by atoms with Gasteiger partial charge in [-0.15, -0.1) is 0 Å². The highest BCUT2D eigenvalue weighted by atomic mass is 35.5. The summed E-state index contributed by atoms with van der Waals surface area (Å²) in [5.74, 6) is -0.557. The summed E-state index contributed by atoms with van der Waals surface area (Å²) >= 11 is 5.79. The van der Waals surface area contributed by atoms with Crippen molar-refractivity contribution < 1.29 is 24.5 Å². The number of benzene rings is 2. The van der Waals surface area contributed by atoms with Crippen LogP contribution in [0.5, 0.6) is 23.0 Å². The molecule has 0 bridgehead atoms. The van der Waals surface area contributed by atoms with Crippen molar-refractivity contribution in [2.75, 3.05) is 14.2 Å². The van der Waals surface area contributed by atoms with Crippen molar-refractivity contribution in [3.63, 3.8) is 0 Å². The smallest absolute Gasteiger partial charge is 0.275 e. The third kappa shape index (κ3) is 3.88. The van der Waals surface area contributed by atoms with Gasteiger partial charge in [-0.25, -0.2) is 5.43 Å². The Morgan fingerprint density at radius 3 is 2.38 bits per heavy atom. The largest absolute Gasteiger partial charge is 0.507 e. The predicted octanol–water partition coefficient (Wildman–Crippen LogP) is 2.53. The minimum Gasteiger partial charge on any atom is -0.507 e. The van der Waals surface area contributed by atoms with Crippen molar-refractivity contribution in [2.45, 2.75) is 0 Å². The first-order valence-corrected chi connectivity index (χ1v) is 7.11. The van der Waals surface area contributed by atoms with Crippen LogP contribution >= 0.6 is 11.6 Å². The van der Waals surface area contributed by atoms with Gasteiger partial charge in [0.05, 0.1) is 26.0 Å². The number of hydrazone groups is 1. The lowest BCUT2D eigenvalue weighted by atomic mass is 10.2. The Bertz CT molecular complexity index is 767. The van der Waals surface area contributed by atoms with Gasteiger partial charge in [0.2, 0.25) is 5.75 Å². The quantitative estimate of drug-likeness (QED) is 0.568. The third-order valence-corrected chi connectivity index (χ3v) is 3.32. The zero-order valence-corrected chi connectivity index (χ0v) is 13.7. The van der Waals surface area contributed by atoms with Crippen molar-refractivity contribution in [3.05, 3.63) is 46.5 Å². The predicted molar refractivity (Wildman–Crippen MR) is 89.4 cm³/mol. The first kappa shape index (κ1) is 17.4. The fourth-order valence-electron chi connectivity index (χ4n) is 1.90. The van der Waals surface area contributed by atoms with E-state index in [2.05, 4.69) is 10.5 Å². The second-order valence-electron chi connectivity index (χ2n) is 4.63. The summed E-state index contributed by atoms with van der Waals surface area (Å²) in [6.07, 6.45) is 1.34. The number of nitrogens with zero attached hydrogens (tertiary/aromatic N) is 1.